The number of amides is 1. The first-order valence-corrected chi connectivity index (χ1v) is 6.66. The number of nitrogen functional groups attached to an aromatic ring is 1. The van der Waals surface area contributed by atoms with E-state index < -0.39 is 5.82 Å². The van der Waals surface area contributed by atoms with Crippen LogP contribution >= 0.6 is 0 Å². The van der Waals surface area contributed by atoms with Crippen molar-refractivity contribution in [3.8, 4) is 0 Å². The summed E-state index contributed by atoms with van der Waals surface area (Å²) in [5.41, 5.74) is 2.61. The molecule has 1 heterocycles. The van der Waals surface area contributed by atoms with E-state index in [0.717, 1.165) is 0 Å². The highest BCUT2D eigenvalue weighted by Gasteiger charge is 2.34. The van der Waals surface area contributed by atoms with Crippen molar-refractivity contribution in [2.75, 3.05) is 32.6 Å². The van der Waals surface area contributed by atoms with E-state index in [4.69, 9.17) is 5.84 Å². The van der Waals surface area contributed by atoms with Crippen LogP contribution in [0.4, 0.5) is 10.1 Å². The minimum absolute atomic E-state index is 0.0541. The quantitative estimate of drug-likeness (QED) is 0.644. The van der Waals surface area contributed by atoms with Gasteiger partial charge in [0.1, 0.15) is 5.82 Å². The molecule has 0 aromatic heterocycles. The van der Waals surface area contributed by atoms with Gasteiger partial charge >= 0.3 is 0 Å². The Kier molecular flexibility index (Phi) is 4.25. The Bertz CT molecular complexity index is 506. The first-order valence-electron chi connectivity index (χ1n) is 6.66. The minimum Gasteiger partial charge on any atom is -0.337 e. The second-order valence-electron chi connectivity index (χ2n) is 5.53. The number of para-hydroxylation sites is 1. The standard InChI is InChI=1S/C14H21FN4O/c1-9-7-19(8-12(9)18(2)3)14(20)10-5-4-6-11(15)13(10)17-16/h4-6,9,12,17H,7-8,16H2,1-3H3. The molecule has 1 saturated heterocycles. The molecule has 1 aliphatic rings. The Balaban J connectivity index is 2.23. The molecule has 1 fully saturated rings. The van der Waals surface area contributed by atoms with E-state index in [-0.39, 0.29) is 17.2 Å². The maximum atomic E-state index is 13.7. The first kappa shape index (κ1) is 14.7. The summed E-state index contributed by atoms with van der Waals surface area (Å²) < 4.78 is 13.7. The van der Waals surface area contributed by atoms with Gasteiger partial charge in [-0.05, 0) is 32.1 Å². The van der Waals surface area contributed by atoms with Crippen molar-refractivity contribution in [2.45, 2.75) is 13.0 Å². The van der Waals surface area contributed by atoms with Crippen molar-refractivity contribution >= 4 is 11.6 Å². The average molecular weight is 280 g/mol. The molecule has 0 bridgehead atoms. The van der Waals surface area contributed by atoms with Crippen LogP contribution in [0.5, 0.6) is 0 Å². The molecule has 1 aromatic carbocycles. The van der Waals surface area contributed by atoms with Gasteiger partial charge in [0.25, 0.3) is 5.91 Å². The number of likely N-dealkylation sites (tertiary alicyclic amines) is 1. The number of carbonyl (C=O) groups is 1. The Hall–Kier alpha value is -1.66. The van der Waals surface area contributed by atoms with Gasteiger partial charge in [-0.2, -0.15) is 0 Å². The second kappa shape index (κ2) is 5.76. The molecule has 6 heteroatoms. The van der Waals surface area contributed by atoms with Gasteiger partial charge in [0.05, 0.1) is 11.3 Å². The highest BCUT2D eigenvalue weighted by Crippen LogP contribution is 2.25. The summed E-state index contributed by atoms with van der Waals surface area (Å²) in [6, 6.07) is 4.71. The molecule has 1 aliphatic heterocycles. The summed E-state index contributed by atoms with van der Waals surface area (Å²) in [4.78, 5) is 16.4. The predicted octanol–water partition coefficient (Wildman–Crippen LogP) is 1.13. The van der Waals surface area contributed by atoms with E-state index in [1.807, 2.05) is 14.1 Å². The Morgan fingerprint density at radius 3 is 2.70 bits per heavy atom. The fourth-order valence-corrected chi connectivity index (χ4v) is 2.81. The third-order valence-electron chi connectivity index (χ3n) is 3.91. The molecule has 3 N–H and O–H groups in total. The second-order valence-corrected chi connectivity index (χ2v) is 5.53. The van der Waals surface area contributed by atoms with E-state index in [0.29, 0.717) is 25.0 Å². The summed E-state index contributed by atoms with van der Waals surface area (Å²) in [6.45, 7) is 3.43. The van der Waals surface area contributed by atoms with E-state index in [2.05, 4.69) is 17.2 Å². The number of nitrogens with one attached hydrogen (secondary N) is 1. The lowest BCUT2D eigenvalue weighted by Gasteiger charge is -2.22. The largest absolute Gasteiger partial charge is 0.337 e. The molecule has 0 saturated carbocycles. The van der Waals surface area contributed by atoms with E-state index in [9.17, 15) is 9.18 Å². The molecule has 1 amide bonds. The van der Waals surface area contributed by atoms with Gasteiger partial charge in [-0.3, -0.25) is 10.6 Å². The van der Waals surface area contributed by atoms with Crippen molar-refractivity contribution in [2.24, 2.45) is 11.8 Å². The number of hydrazine groups is 1. The molecular weight excluding hydrogens is 259 g/mol. The van der Waals surface area contributed by atoms with Gasteiger partial charge in [-0.15, -0.1) is 0 Å². The number of nitrogens with two attached hydrogens (primary N) is 1. The Morgan fingerprint density at radius 2 is 2.15 bits per heavy atom. The molecular formula is C14H21FN4O. The molecule has 20 heavy (non-hydrogen) atoms. The number of rotatable bonds is 3. The van der Waals surface area contributed by atoms with Gasteiger partial charge in [0.2, 0.25) is 0 Å². The lowest BCUT2D eigenvalue weighted by molar-refractivity contribution is 0.0782. The number of halogens is 1. The molecule has 2 atom stereocenters. The number of benzene rings is 1. The zero-order valence-corrected chi connectivity index (χ0v) is 12.1. The van der Waals surface area contributed by atoms with Gasteiger partial charge < -0.3 is 15.2 Å². The van der Waals surface area contributed by atoms with Crippen molar-refractivity contribution < 1.29 is 9.18 Å². The Morgan fingerprint density at radius 1 is 1.45 bits per heavy atom. The number of likely N-dealkylation sites (N-methyl/N-ethyl adjacent to an activating group) is 1. The third kappa shape index (κ3) is 2.62. The summed E-state index contributed by atoms with van der Waals surface area (Å²) in [5.74, 6) is 5.00. The average Bonchev–Trinajstić information content (AvgIpc) is 2.80. The summed E-state index contributed by atoms with van der Waals surface area (Å²) in [5, 5.41) is 0. The van der Waals surface area contributed by atoms with E-state index in [1.54, 1.807) is 11.0 Å². The van der Waals surface area contributed by atoms with Crippen molar-refractivity contribution in [1.29, 1.82) is 0 Å². The van der Waals surface area contributed by atoms with E-state index >= 15 is 0 Å². The summed E-state index contributed by atoms with van der Waals surface area (Å²) in [6.07, 6.45) is 0. The first-order chi connectivity index (χ1) is 9.45. The SMILES string of the molecule is CC1CN(C(=O)c2cccc(F)c2NN)CC1N(C)C. The molecule has 110 valence electrons. The predicted molar refractivity (Wildman–Crippen MR) is 76.8 cm³/mol. The van der Waals surface area contributed by atoms with Crippen molar-refractivity contribution in [1.82, 2.24) is 9.80 Å². The summed E-state index contributed by atoms with van der Waals surface area (Å²) >= 11 is 0. The van der Waals surface area contributed by atoms with Crippen LogP contribution in [-0.2, 0) is 0 Å². The number of anilines is 1. The molecule has 0 spiro atoms. The molecule has 2 rings (SSSR count). The smallest absolute Gasteiger partial charge is 0.256 e. The van der Waals surface area contributed by atoms with Gasteiger partial charge in [0.15, 0.2) is 0 Å². The van der Waals surface area contributed by atoms with Gasteiger partial charge in [0, 0.05) is 19.1 Å². The Labute approximate surface area is 118 Å². The molecule has 1 aromatic rings. The van der Waals surface area contributed by atoms with Gasteiger partial charge in [-0.25, -0.2) is 4.39 Å². The third-order valence-corrected chi connectivity index (χ3v) is 3.91. The highest BCUT2D eigenvalue weighted by atomic mass is 19.1. The zero-order valence-electron chi connectivity index (χ0n) is 12.1. The molecule has 5 nitrogen and oxygen atoms in total. The van der Waals surface area contributed by atoms with Crippen LogP contribution in [0, 0.1) is 11.7 Å². The fourth-order valence-electron chi connectivity index (χ4n) is 2.81. The lowest BCUT2D eigenvalue weighted by atomic mass is 10.1. The zero-order chi connectivity index (χ0) is 14.9. The summed E-state index contributed by atoms with van der Waals surface area (Å²) in [7, 11) is 4.01. The minimum atomic E-state index is -0.519. The molecule has 0 radical (unpaired) electrons. The number of nitrogens with zero attached hydrogens (tertiary/aromatic N) is 2. The van der Waals surface area contributed by atoms with Crippen LogP contribution in [0.15, 0.2) is 18.2 Å². The van der Waals surface area contributed by atoms with Crippen molar-refractivity contribution in [3.63, 3.8) is 0 Å². The van der Waals surface area contributed by atoms with Crippen LogP contribution in [0.3, 0.4) is 0 Å². The monoisotopic (exact) mass is 280 g/mol. The van der Waals surface area contributed by atoms with Crippen LogP contribution in [0.2, 0.25) is 0 Å². The molecule has 2 unspecified atom stereocenters. The lowest BCUT2D eigenvalue weighted by Crippen LogP contribution is -2.36. The highest BCUT2D eigenvalue weighted by molar-refractivity contribution is 5.99. The normalized spacial score (nSPS) is 22.4. The van der Waals surface area contributed by atoms with E-state index in [1.165, 1.54) is 12.1 Å². The van der Waals surface area contributed by atoms with Crippen molar-refractivity contribution in [3.05, 3.63) is 29.6 Å². The van der Waals surface area contributed by atoms with Gasteiger partial charge in [-0.1, -0.05) is 13.0 Å². The fraction of sp³-hybridized carbons (Fsp3) is 0.500. The van der Waals surface area contributed by atoms with Crippen LogP contribution in [0.1, 0.15) is 17.3 Å². The van der Waals surface area contributed by atoms with Crippen LogP contribution in [-0.4, -0.2) is 48.9 Å². The van der Waals surface area contributed by atoms with Crippen LogP contribution in [0.25, 0.3) is 0 Å². The number of hydrogen-bond acceptors (Lipinski definition) is 4. The topological polar surface area (TPSA) is 61.6 Å². The maximum absolute atomic E-state index is 13.7. The maximum Gasteiger partial charge on any atom is 0.256 e. The number of carbonyl (C=O) groups excluding carboxylic acids is 1. The molecule has 0 aliphatic carbocycles. The van der Waals surface area contributed by atoms with Crippen LogP contribution < -0.4 is 11.3 Å². The number of hydrogen-bond donors (Lipinski definition) is 2.